The second-order valence-corrected chi connectivity index (χ2v) is 4.73. The molecule has 19 heavy (non-hydrogen) atoms. The summed E-state index contributed by atoms with van der Waals surface area (Å²) in [7, 11) is 4.83. The summed E-state index contributed by atoms with van der Waals surface area (Å²) in [6.07, 6.45) is 0.953. The van der Waals surface area contributed by atoms with Gasteiger partial charge in [-0.3, -0.25) is 9.69 Å². The van der Waals surface area contributed by atoms with Crippen molar-refractivity contribution in [3.8, 4) is 0 Å². The van der Waals surface area contributed by atoms with Crippen molar-refractivity contribution >= 4 is 5.97 Å². The van der Waals surface area contributed by atoms with Gasteiger partial charge in [0.25, 0.3) is 0 Å². The van der Waals surface area contributed by atoms with Crippen LogP contribution < -0.4 is 5.32 Å². The van der Waals surface area contributed by atoms with Gasteiger partial charge < -0.3 is 19.5 Å². The second-order valence-electron chi connectivity index (χ2n) is 4.73. The van der Waals surface area contributed by atoms with Gasteiger partial charge in [0.05, 0.1) is 19.3 Å². The molecule has 112 valence electrons. The van der Waals surface area contributed by atoms with Gasteiger partial charge in [-0.1, -0.05) is 6.92 Å². The predicted octanol–water partition coefficient (Wildman–Crippen LogP) is -0.127. The van der Waals surface area contributed by atoms with Crippen molar-refractivity contribution in [2.75, 3.05) is 47.5 Å². The van der Waals surface area contributed by atoms with Gasteiger partial charge in [0.15, 0.2) is 0 Å². The molecule has 1 rings (SSSR count). The number of hydrogen-bond acceptors (Lipinski definition) is 6. The zero-order chi connectivity index (χ0) is 14.3. The molecule has 0 aromatic rings. The van der Waals surface area contributed by atoms with Crippen molar-refractivity contribution in [3.63, 3.8) is 0 Å². The topological polar surface area (TPSA) is 60.0 Å². The fourth-order valence-corrected chi connectivity index (χ4v) is 2.46. The van der Waals surface area contributed by atoms with E-state index in [1.807, 2.05) is 6.92 Å². The van der Waals surface area contributed by atoms with Crippen LogP contribution >= 0.6 is 0 Å². The summed E-state index contributed by atoms with van der Waals surface area (Å²) in [6.45, 7) is 5.24. The lowest BCUT2D eigenvalue weighted by Crippen LogP contribution is -2.40. The van der Waals surface area contributed by atoms with Crippen LogP contribution in [0.1, 0.15) is 13.3 Å². The lowest BCUT2D eigenvalue weighted by Gasteiger charge is -2.20. The van der Waals surface area contributed by atoms with Crippen LogP contribution in [0.3, 0.4) is 0 Å². The average molecular weight is 274 g/mol. The molecule has 6 heteroatoms. The molecule has 1 aliphatic rings. The maximum absolute atomic E-state index is 11.6. The number of rotatable bonds is 8. The minimum atomic E-state index is -0.238. The summed E-state index contributed by atoms with van der Waals surface area (Å²) < 4.78 is 15.6. The van der Waals surface area contributed by atoms with E-state index in [1.54, 1.807) is 14.2 Å². The number of methoxy groups -OCH3 is 3. The SMILES string of the molecule is CCNC(CCN1CC(OC)C(OC)C1)C(=O)OC. The molecular formula is C13H26N2O4. The molecule has 3 atom stereocenters. The number of carbonyl (C=O) groups excluding carboxylic acids is 1. The first-order valence-corrected chi connectivity index (χ1v) is 6.75. The minimum Gasteiger partial charge on any atom is -0.468 e. The molecule has 0 bridgehead atoms. The van der Waals surface area contributed by atoms with Crippen LogP contribution in [0.15, 0.2) is 0 Å². The van der Waals surface area contributed by atoms with Gasteiger partial charge >= 0.3 is 5.97 Å². The minimum absolute atomic E-state index is 0.112. The van der Waals surface area contributed by atoms with Crippen molar-refractivity contribution in [2.24, 2.45) is 0 Å². The molecule has 1 N–H and O–H groups in total. The molecule has 1 fully saturated rings. The number of hydrogen-bond donors (Lipinski definition) is 1. The number of likely N-dealkylation sites (N-methyl/N-ethyl adjacent to an activating group) is 1. The van der Waals surface area contributed by atoms with Crippen LogP contribution in [0.2, 0.25) is 0 Å². The highest BCUT2D eigenvalue weighted by atomic mass is 16.5. The van der Waals surface area contributed by atoms with E-state index in [0.717, 1.165) is 32.6 Å². The van der Waals surface area contributed by atoms with Gasteiger partial charge in [-0.15, -0.1) is 0 Å². The molecule has 0 aliphatic carbocycles. The normalized spacial score (nSPS) is 25.5. The first kappa shape index (κ1) is 16.4. The van der Waals surface area contributed by atoms with E-state index in [4.69, 9.17) is 14.2 Å². The molecule has 1 saturated heterocycles. The molecule has 0 radical (unpaired) electrons. The Balaban J connectivity index is 2.40. The zero-order valence-corrected chi connectivity index (χ0v) is 12.3. The second kappa shape index (κ2) is 8.47. The number of likely N-dealkylation sites (tertiary alicyclic amines) is 1. The smallest absolute Gasteiger partial charge is 0.322 e. The molecule has 0 spiro atoms. The predicted molar refractivity (Wildman–Crippen MR) is 72.1 cm³/mol. The maximum Gasteiger partial charge on any atom is 0.322 e. The fraction of sp³-hybridized carbons (Fsp3) is 0.923. The Labute approximate surface area is 115 Å². The Morgan fingerprint density at radius 2 is 1.84 bits per heavy atom. The van der Waals surface area contributed by atoms with Crippen molar-refractivity contribution in [3.05, 3.63) is 0 Å². The van der Waals surface area contributed by atoms with Crippen LogP contribution in [-0.4, -0.2) is 76.6 Å². The van der Waals surface area contributed by atoms with E-state index >= 15 is 0 Å². The Hall–Kier alpha value is -0.690. The van der Waals surface area contributed by atoms with Crippen molar-refractivity contribution in [1.29, 1.82) is 0 Å². The quantitative estimate of drug-likeness (QED) is 0.622. The van der Waals surface area contributed by atoms with Crippen LogP contribution in [0.5, 0.6) is 0 Å². The molecule has 0 amide bonds. The lowest BCUT2D eigenvalue weighted by atomic mass is 10.2. The molecular weight excluding hydrogens is 248 g/mol. The molecule has 0 aromatic carbocycles. The third kappa shape index (κ3) is 4.72. The van der Waals surface area contributed by atoms with Crippen molar-refractivity contribution < 1.29 is 19.0 Å². The van der Waals surface area contributed by atoms with E-state index in [0.29, 0.717) is 0 Å². The Morgan fingerprint density at radius 3 is 2.26 bits per heavy atom. The molecule has 3 unspecified atom stereocenters. The largest absolute Gasteiger partial charge is 0.468 e. The summed E-state index contributed by atoms with van der Waals surface area (Å²) >= 11 is 0. The van der Waals surface area contributed by atoms with Crippen LogP contribution in [0.4, 0.5) is 0 Å². The lowest BCUT2D eigenvalue weighted by molar-refractivity contribution is -0.143. The Bertz CT molecular complexity index is 263. The van der Waals surface area contributed by atoms with Gasteiger partial charge in [-0.2, -0.15) is 0 Å². The van der Waals surface area contributed by atoms with Gasteiger partial charge in [0.1, 0.15) is 6.04 Å². The highest BCUT2D eigenvalue weighted by molar-refractivity contribution is 5.75. The van der Waals surface area contributed by atoms with Crippen LogP contribution in [-0.2, 0) is 19.0 Å². The Kier molecular flexibility index (Phi) is 7.30. The Morgan fingerprint density at radius 1 is 1.26 bits per heavy atom. The van der Waals surface area contributed by atoms with Gasteiger partial charge in [0.2, 0.25) is 0 Å². The fourth-order valence-electron chi connectivity index (χ4n) is 2.46. The third-order valence-electron chi connectivity index (χ3n) is 3.57. The summed E-state index contributed by atoms with van der Waals surface area (Å²) in [5, 5.41) is 3.14. The zero-order valence-electron chi connectivity index (χ0n) is 12.3. The maximum atomic E-state index is 11.6. The van der Waals surface area contributed by atoms with E-state index in [1.165, 1.54) is 7.11 Å². The number of nitrogens with one attached hydrogen (secondary N) is 1. The first-order valence-electron chi connectivity index (χ1n) is 6.75. The van der Waals surface area contributed by atoms with E-state index in [9.17, 15) is 4.79 Å². The summed E-state index contributed by atoms with van der Waals surface area (Å²) in [5.41, 5.74) is 0. The third-order valence-corrected chi connectivity index (χ3v) is 3.57. The number of nitrogens with zero attached hydrogens (tertiary/aromatic N) is 1. The van der Waals surface area contributed by atoms with Gasteiger partial charge in [-0.25, -0.2) is 0 Å². The van der Waals surface area contributed by atoms with Crippen molar-refractivity contribution in [1.82, 2.24) is 10.2 Å². The number of ether oxygens (including phenoxy) is 3. The van der Waals surface area contributed by atoms with E-state index in [2.05, 4.69) is 10.2 Å². The summed E-state index contributed by atoms with van der Waals surface area (Å²) in [5.74, 6) is -0.201. The van der Waals surface area contributed by atoms with Crippen LogP contribution in [0, 0.1) is 0 Å². The molecule has 0 aromatic heterocycles. The van der Waals surface area contributed by atoms with Crippen LogP contribution in [0.25, 0.3) is 0 Å². The van der Waals surface area contributed by atoms with Crippen molar-refractivity contribution in [2.45, 2.75) is 31.6 Å². The van der Waals surface area contributed by atoms with Gasteiger partial charge in [-0.05, 0) is 13.0 Å². The van der Waals surface area contributed by atoms with Gasteiger partial charge in [0, 0.05) is 33.9 Å². The monoisotopic (exact) mass is 274 g/mol. The average Bonchev–Trinajstić information content (AvgIpc) is 2.84. The van der Waals surface area contributed by atoms with E-state index in [-0.39, 0.29) is 24.2 Å². The molecule has 0 saturated carbocycles. The molecule has 1 aliphatic heterocycles. The highest BCUT2D eigenvalue weighted by Gasteiger charge is 2.33. The molecule has 1 heterocycles. The standard InChI is InChI=1S/C13H26N2O4/c1-5-14-10(13(16)19-4)6-7-15-8-11(17-2)12(9-15)18-3/h10-12,14H,5-9H2,1-4H3. The van der Waals surface area contributed by atoms with E-state index < -0.39 is 0 Å². The summed E-state index contributed by atoms with van der Waals surface area (Å²) in [6, 6.07) is -0.238. The number of esters is 1. The summed E-state index contributed by atoms with van der Waals surface area (Å²) in [4.78, 5) is 13.9. The highest BCUT2D eigenvalue weighted by Crippen LogP contribution is 2.16. The number of carbonyl (C=O) groups is 1. The molecule has 6 nitrogen and oxygen atoms in total. The first-order chi connectivity index (χ1) is 9.15.